The Kier molecular flexibility index (Phi) is 6.86. The Morgan fingerprint density at radius 2 is 1.66 bits per heavy atom. The Labute approximate surface area is 206 Å². The zero-order chi connectivity index (χ0) is 24.2. The molecule has 184 valence electrons. The van der Waals surface area contributed by atoms with Crippen LogP contribution in [0.25, 0.3) is 0 Å². The Morgan fingerprint density at radius 1 is 0.886 bits per heavy atom. The van der Waals surface area contributed by atoms with Crippen molar-refractivity contribution in [3.63, 3.8) is 0 Å². The Balaban J connectivity index is 1.37. The van der Waals surface area contributed by atoms with Gasteiger partial charge >= 0.3 is 0 Å². The summed E-state index contributed by atoms with van der Waals surface area (Å²) in [6.07, 6.45) is 0.821. The first kappa shape index (κ1) is 23.2. The first-order chi connectivity index (χ1) is 17.2. The minimum Gasteiger partial charge on any atom is -0.507 e. The van der Waals surface area contributed by atoms with Gasteiger partial charge in [0.05, 0.1) is 14.2 Å². The number of hydrogen-bond acceptors (Lipinski definition) is 7. The van der Waals surface area contributed by atoms with Crippen LogP contribution in [0.2, 0.25) is 0 Å². The van der Waals surface area contributed by atoms with Crippen LogP contribution in [0.1, 0.15) is 23.5 Å². The molecule has 1 N–H and O–H groups in total. The molecule has 0 spiro atoms. The Morgan fingerprint density at radius 3 is 2.40 bits per heavy atom. The second kappa shape index (κ2) is 10.4. The van der Waals surface area contributed by atoms with Crippen LogP contribution < -0.4 is 23.8 Å². The van der Waals surface area contributed by atoms with Crippen LogP contribution in [0, 0.1) is 0 Å². The maximum absolute atomic E-state index is 11.0. The highest BCUT2D eigenvalue weighted by atomic mass is 16.7. The van der Waals surface area contributed by atoms with Crippen LogP contribution in [0.5, 0.6) is 28.7 Å². The van der Waals surface area contributed by atoms with Crippen LogP contribution in [0.4, 0.5) is 5.69 Å². The number of aromatic hydroxyl groups is 1. The predicted octanol–water partition coefficient (Wildman–Crippen LogP) is 4.48. The van der Waals surface area contributed by atoms with E-state index < -0.39 is 0 Å². The normalized spacial score (nSPS) is 16.2. The van der Waals surface area contributed by atoms with E-state index in [1.54, 1.807) is 20.3 Å². The summed E-state index contributed by atoms with van der Waals surface area (Å²) >= 11 is 0. The van der Waals surface area contributed by atoms with Crippen molar-refractivity contribution >= 4 is 5.69 Å². The van der Waals surface area contributed by atoms with E-state index in [2.05, 4.69) is 46.2 Å². The van der Waals surface area contributed by atoms with Gasteiger partial charge in [0.25, 0.3) is 0 Å². The molecule has 0 unspecified atom stereocenters. The molecule has 2 aliphatic heterocycles. The van der Waals surface area contributed by atoms with Gasteiger partial charge in [-0.25, -0.2) is 0 Å². The molecule has 2 heterocycles. The molecule has 3 aromatic carbocycles. The van der Waals surface area contributed by atoms with Gasteiger partial charge in [-0.2, -0.15) is 0 Å². The summed E-state index contributed by atoms with van der Waals surface area (Å²) in [6.45, 7) is 5.11. The van der Waals surface area contributed by atoms with E-state index >= 15 is 0 Å². The minimum atomic E-state index is -0.0856. The lowest BCUT2D eigenvalue weighted by Crippen LogP contribution is -2.46. The number of fused-ring (bicyclic) bond motifs is 1. The number of phenols is 1. The lowest BCUT2D eigenvalue weighted by Gasteiger charge is -2.36. The molecule has 0 saturated carbocycles. The highest BCUT2D eigenvalue weighted by Gasteiger charge is 2.27. The SMILES string of the molecule is COc1cc(O)c([C@H](CCN2CCN(c3ccccc3)CC2)c2ccc3c(c2)OCO3)c(OC)c1. The maximum atomic E-state index is 11.0. The Bertz CT molecular complexity index is 1150. The first-order valence-electron chi connectivity index (χ1n) is 12.0. The smallest absolute Gasteiger partial charge is 0.231 e. The average Bonchev–Trinajstić information content (AvgIpc) is 3.38. The summed E-state index contributed by atoms with van der Waals surface area (Å²) in [4.78, 5) is 4.93. The lowest BCUT2D eigenvalue weighted by molar-refractivity contribution is 0.174. The van der Waals surface area contributed by atoms with Crippen LogP contribution >= 0.6 is 0 Å². The Hall–Kier alpha value is -3.58. The molecule has 5 rings (SSSR count). The average molecular weight is 477 g/mol. The molecule has 0 aliphatic carbocycles. The van der Waals surface area contributed by atoms with Crippen molar-refractivity contribution in [1.82, 2.24) is 4.90 Å². The van der Waals surface area contributed by atoms with Crippen molar-refractivity contribution in [2.75, 3.05) is 58.6 Å². The number of phenolic OH excluding ortho intramolecular Hbond substituents is 1. The maximum Gasteiger partial charge on any atom is 0.231 e. The number of para-hydroxylation sites is 1. The van der Waals surface area contributed by atoms with Gasteiger partial charge in [-0.1, -0.05) is 24.3 Å². The molecule has 7 heteroatoms. The lowest BCUT2D eigenvalue weighted by atomic mass is 9.86. The number of ether oxygens (including phenoxy) is 4. The molecule has 3 aromatic rings. The standard InChI is InChI=1S/C28H32N2O5/c1-32-22-17-24(31)28(27(18-22)33-2)23(20-8-9-25-26(16-20)35-19-34-25)10-11-29-12-14-30(15-13-29)21-6-4-3-5-7-21/h3-9,16-18,23,31H,10-15,19H2,1-2H3/t23-/m1/s1. The second-order valence-electron chi connectivity index (χ2n) is 8.88. The molecule has 1 saturated heterocycles. The number of piperazine rings is 1. The summed E-state index contributed by atoms with van der Waals surface area (Å²) in [6, 6.07) is 20.1. The fraction of sp³-hybridized carbons (Fsp3) is 0.357. The van der Waals surface area contributed by atoms with Crippen LogP contribution in [-0.4, -0.2) is 63.7 Å². The van der Waals surface area contributed by atoms with E-state index in [1.165, 1.54) is 5.69 Å². The molecule has 7 nitrogen and oxygen atoms in total. The van der Waals surface area contributed by atoms with E-state index in [-0.39, 0.29) is 18.5 Å². The molecule has 0 radical (unpaired) electrons. The van der Waals surface area contributed by atoms with Crippen molar-refractivity contribution in [3.05, 3.63) is 71.8 Å². The third kappa shape index (κ3) is 4.95. The molecule has 1 fully saturated rings. The molecule has 0 aromatic heterocycles. The number of methoxy groups -OCH3 is 2. The van der Waals surface area contributed by atoms with Crippen molar-refractivity contribution in [1.29, 1.82) is 0 Å². The van der Waals surface area contributed by atoms with Crippen molar-refractivity contribution in [3.8, 4) is 28.7 Å². The number of anilines is 1. The highest BCUT2D eigenvalue weighted by Crippen LogP contribution is 2.45. The third-order valence-electron chi connectivity index (χ3n) is 6.92. The van der Waals surface area contributed by atoms with Gasteiger partial charge in [0.2, 0.25) is 6.79 Å². The summed E-state index contributed by atoms with van der Waals surface area (Å²) in [7, 11) is 3.20. The fourth-order valence-corrected chi connectivity index (χ4v) is 5.01. The number of benzene rings is 3. The summed E-state index contributed by atoms with van der Waals surface area (Å²) < 4.78 is 22.2. The van der Waals surface area contributed by atoms with Gasteiger partial charge in [-0.3, -0.25) is 4.90 Å². The van der Waals surface area contributed by atoms with Crippen molar-refractivity contribution < 1.29 is 24.1 Å². The van der Waals surface area contributed by atoms with Gasteiger partial charge in [-0.15, -0.1) is 0 Å². The second-order valence-corrected chi connectivity index (χ2v) is 8.88. The molecule has 2 aliphatic rings. The molecule has 0 amide bonds. The van der Waals surface area contributed by atoms with Crippen molar-refractivity contribution in [2.45, 2.75) is 12.3 Å². The summed E-state index contributed by atoms with van der Waals surface area (Å²) in [5.74, 6) is 2.73. The third-order valence-corrected chi connectivity index (χ3v) is 6.92. The van der Waals surface area contributed by atoms with Crippen LogP contribution in [0.3, 0.4) is 0 Å². The van der Waals surface area contributed by atoms with Gasteiger partial charge in [0.15, 0.2) is 11.5 Å². The summed E-state index contributed by atoms with van der Waals surface area (Å²) in [5.41, 5.74) is 3.09. The number of rotatable bonds is 8. The molecular formula is C28H32N2O5. The number of nitrogens with zero attached hydrogens (tertiary/aromatic N) is 2. The van der Waals surface area contributed by atoms with Gasteiger partial charge in [0, 0.05) is 55.5 Å². The predicted molar refractivity (Wildman–Crippen MR) is 135 cm³/mol. The molecular weight excluding hydrogens is 444 g/mol. The summed E-state index contributed by atoms with van der Waals surface area (Å²) in [5, 5.41) is 11.0. The molecule has 35 heavy (non-hydrogen) atoms. The van der Waals surface area contributed by atoms with E-state index in [4.69, 9.17) is 18.9 Å². The minimum absolute atomic E-state index is 0.0856. The largest absolute Gasteiger partial charge is 0.507 e. The van der Waals surface area contributed by atoms with E-state index in [0.29, 0.717) is 11.5 Å². The van der Waals surface area contributed by atoms with E-state index in [0.717, 1.165) is 61.8 Å². The molecule has 0 bridgehead atoms. The van der Waals surface area contributed by atoms with Gasteiger partial charge in [-0.05, 0) is 42.8 Å². The zero-order valence-corrected chi connectivity index (χ0v) is 20.3. The van der Waals surface area contributed by atoms with E-state index in [9.17, 15) is 5.11 Å². The van der Waals surface area contributed by atoms with Gasteiger partial charge in [0.1, 0.15) is 17.2 Å². The number of hydrogen-bond donors (Lipinski definition) is 1. The van der Waals surface area contributed by atoms with Crippen LogP contribution in [0.15, 0.2) is 60.7 Å². The highest BCUT2D eigenvalue weighted by molar-refractivity contribution is 5.56. The topological polar surface area (TPSA) is 63.6 Å². The van der Waals surface area contributed by atoms with Gasteiger partial charge < -0.3 is 29.0 Å². The fourth-order valence-electron chi connectivity index (χ4n) is 5.01. The van der Waals surface area contributed by atoms with Crippen molar-refractivity contribution in [2.24, 2.45) is 0 Å². The van der Waals surface area contributed by atoms with Crippen LogP contribution in [-0.2, 0) is 0 Å². The monoisotopic (exact) mass is 476 g/mol. The first-order valence-corrected chi connectivity index (χ1v) is 12.0. The van der Waals surface area contributed by atoms with E-state index in [1.807, 2.05) is 18.2 Å². The molecule has 1 atom stereocenters. The quantitative estimate of drug-likeness (QED) is 0.514. The zero-order valence-electron chi connectivity index (χ0n) is 20.3.